The predicted molar refractivity (Wildman–Crippen MR) is 134 cm³/mol. The Morgan fingerprint density at radius 2 is 0.737 bits per heavy atom. The van der Waals surface area contributed by atoms with E-state index in [4.69, 9.17) is 0 Å². The Hall–Kier alpha value is -5.38. The van der Waals surface area contributed by atoms with Crippen LogP contribution in [-0.4, -0.2) is 68.7 Å². The van der Waals surface area contributed by atoms with E-state index >= 15 is 0 Å². The van der Waals surface area contributed by atoms with Crippen LogP contribution in [0.3, 0.4) is 0 Å². The summed E-state index contributed by atoms with van der Waals surface area (Å²) in [6.45, 7) is -1.51. The molecule has 0 bridgehead atoms. The lowest BCUT2D eigenvalue weighted by Gasteiger charge is -2.29. The van der Waals surface area contributed by atoms with Crippen molar-refractivity contribution < 1.29 is 39.0 Å². The van der Waals surface area contributed by atoms with E-state index in [1.165, 1.54) is 0 Å². The molecule has 0 aromatic heterocycles. The minimum Gasteiger partial charge on any atom is -0.480 e. The van der Waals surface area contributed by atoms with Gasteiger partial charge in [0.2, 0.25) is 0 Å². The topological polar surface area (TPSA) is 149 Å². The predicted octanol–water partition coefficient (Wildman–Crippen LogP) is 3.10. The summed E-state index contributed by atoms with van der Waals surface area (Å²) in [5.41, 5.74) is 0.852. The third-order valence-electron chi connectivity index (χ3n) is 7.39. The first kappa shape index (κ1) is 21.9. The van der Waals surface area contributed by atoms with Crippen LogP contribution in [0.5, 0.6) is 0 Å². The first-order chi connectivity index (χ1) is 18.2. The first-order valence-electron chi connectivity index (χ1n) is 11.5. The Bertz CT molecular complexity index is 1760. The molecule has 7 rings (SSSR count). The Morgan fingerprint density at radius 1 is 0.474 bits per heavy atom. The molecule has 2 N–H and O–H groups in total. The molecule has 184 valence electrons. The maximum absolute atomic E-state index is 13.1. The number of carbonyl (C=O) groups is 6. The largest absolute Gasteiger partial charge is 0.480 e. The second-order valence-corrected chi connectivity index (χ2v) is 9.32. The van der Waals surface area contributed by atoms with Crippen LogP contribution in [0.4, 0.5) is 0 Å². The Morgan fingerprint density at radius 3 is 0.974 bits per heavy atom. The Labute approximate surface area is 211 Å². The molecule has 5 aromatic rings. The number of hydrogen-bond acceptors (Lipinski definition) is 6. The van der Waals surface area contributed by atoms with Crippen LogP contribution < -0.4 is 0 Å². The van der Waals surface area contributed by atoms with Gasteiger partial charge >= 0.3 is 11.9 Å². The van der Waals surface area contributed by atoms with Crippen molar-refractivity contribution >= 4 is 78.7 Å². The van der Waals surface area contributed by atoms with Crippen molar-refractivity contribution in [2.24, 2.45) is 0 Å². The maximum atomic E-state index is 13.1. The van der Waals surface area contributed by atoms with Gasteiger partial charge < -0.3 is 10.2 Å². The lowest BCUT2D eigenvalue weighted by atomic mass is 9.82. The summed E-state index contributed by atoms with van der Waals surface area (Å²) in [6.07, 6.45) is 0. The fraction of sp³-hybridized carbons (Fsp3) is 0.0714. The summed E-state index contributed by atoms with van der Waals surface area (Å²) in [5, 5.41) is 23.3. The zero-order valence-corrected chi connectivity index (χ0v) is 19.3. The number of carbonyl (C=O) groups excluding carboxylic acids is 4. The Balaban J connectivity index is 1.58. The molecular weight excluding hydrogens is 492 g/mol. The van der Waals surface area contributed by atoms with Crippen molar-refractivity contribution in [1.29, 1.82) is 0 Å². The van der Waals surface area contributed by atoms with Gasteiger partial charge in [0, 0.05) is 33.0 Å². The second kappa shape index (κ2) is 7.10. The highest BCUT2D eigenvalue weighted by Crippen LogP contribution is 2.46. The molecule has 10 nitrogen and oxygen atoms in total. The van der Waals surface area contributed by atoms with Gasteiger partial charge in [-0.3, -0.25) is 38.6 Å². The Kier molecular flexibility index (Phi) is 4.09. The third-order valence-corrected chi connectivity index (χ3v) is 7.39. The van der Waals surface area contributed by atoms with E-state index in [0.29, 0.717) is 52.9 Å². The molecule has 0 spiro atoms. The number of aliphatic carboxylic acids is 2. The van der Waals surface area contributed by atoms with Crippen molar-refractivity contribution in [2.45, 2.75) is 0 Å². The summed E-state index contributed by atoms with van der Waals surface area (Å²) in [4.78, 5) is 76.6. The van der Waals surface area contributed by atoms with Gasteiger partial charge in [0.25, 0.3) is 23.6 Å². The monoisotopic (exact) mass is 506 g/mol. The minimum absolute atomic E-state index is 0.213. The number of rotatable bonds is 4. The molecule has 0 fully saturated rings. The fourth-order valence-electron chi connectivity index (χ4n) is 5.93. The molecule has 2 aliphatic heterocycles. The lowest BCUT2D eigenvalue weighted by molar-refractivity contribution is -0.138. The van der Waals surface area contributed by atoms with Gasteiger partial charge in [0.15, 0.2) is 0 Å². The average molecular weight is 506 g/mol. The van der Waals surface area contributed by atoms with Gasteiger partial charge in [0.05, 0.1) is 0 Å². The molecule has 0 atom stereocenters. The van der Waals surface area contributed by atoms with Gasteiger partial charge in [-0.05, 0) is 56.6 Å². The van der Waals surface area contributed by atoms with Crippen LogP contribution in [0, 0.1) is 0 Å². The van der Waals surface area contributed by atoms with E-state index in [2.05, 4.69) is 0 Å². The lowest BCUT2D eigenvalue weighted by Crippen LogP contribution is -2.43. The van der Waals surface area contributed by atoms with Gasteiger partial charge in [-0.25, -0.2) is 0 Å². The highest BCUT2D eigenvalue weighted by Gasteiger charge is 2.37. The van der Waals surface area contributed by atoms with E-state index < -0.39 is 48.7 Å². The number of fused-ring (bicyclic) bond motifs is 2. The standard InChI is InChI=1S/C28H14N2O8/c31-19(32)9-29-25(35)15-5-1-11-12-2-6-17-24-18(28(38)30(27(17)37)10-20(33)34)8-4-14(22(12)24)13-3-7-16(26(29)36)23(15)21(11)13/h1-8H,9-10H2,(H,31,32)(H,33,34). The summed E-state index contributed by atoms with van der Waals surface area (Å²) in [6, 6.07) is 13.1. The smallest absolute Gasteiger partial charge is 0.323 e. The minimum atomic E-state index is -1.31. The van der Waals surface area contributed by atoms with Crippen LogP contribution in [0.2, 0.25) is 0 Å². The molecule has 2 aliphatic rings. The summed E-state index contributed by atoms with van der Waals surface area (Å²) < 4.78 is 0. The van der Waals surface area contributed by atoms with Gasteiger partial charge in [-0.15, -0.1) is 0 Å². The number of amides is 4. The molecule has 2 heterocycles. The van der Waals surface area contributed by atoms with Crippen molar-refractivity contribution in [3.05, 3.63) is 70.8 Å². The highest BCUT2D eigenvalue weighted by atomic mass is 16.4. The second-order valence-electron chi connectivity index (χ2n) is 9.32. The van der Waals surface area contributed by atoms with Gasteiger partial charge in [-0.2, -0.15) is 0 Å². The molecule has 0 unspecified atom stereocenters. The molecule has 5 aromatic carbocycles. The van der Waals surface area contributed by atoms with Crippen molar-refractivity contribution in [1.82, 2.24) is 9.80 Å². The summed E-state index contributed by atoms with van der Waals surface area (Å²) in [5.74, 6) is -5.39. The van der Waals surface area contributed by atoms with Crippen LogP contribution in [0.25, 0.3) is 43.1 Å². The fourth-order valence-corrected chi connectivity index (χ4v) is 5.93. The molecule has 0 saturated carbocycles. The van der Waals surface area contributed by atoms with Crippen LogP contribution in [0.1, 0.15) is 41.4 Å². The quantitative estimate of drug-likeness (QED) is 0.215. The van der Waals surface area contributed by atoms with Crippen LogP contribution in [0.15, 0.2) is 48.5 Å². The number of nitrogens with zero attached hydrogens (tertiary/aromatic N) is 2. The van der Waals surface area contributed by atoms with E-state index in [1.807, 2.05) is 0 Å². The van der Waals surface area contributed by atoms with Crippen molar-refractivity contribution in [3.63, 3.8) is 0 Å². The number of carboxylic acids is 2. The van der Waals surface area contributed by atoms with Crippen LogP contribution >= 0.6 is 0 Å². The highest BCUT2D eigenvalue weighted by molar-refractivity contribution is 6.41. The molecule has 0 aliphatic carbocycles. The average Bonchev–Trinajstić information content (AvgIpc) is 2.89. The molecule has 4 amide bonds. The van der Waals surface area contributed by atoms with Crippen LogP contribution in [-0.2, 0) is 9.59 Å². The number of imide groups is 2. The van der Waals surface area contributed by atoms with Gasteiger partial charge in [-0.1, -0.05) is 24.3 Å². The number of carboxylic acid groups (broad SMARTS) is 2. The zero-order chi connectivity index (χ0) is 26.6. The van der Waals surface area contributed by atoms with E-state index in [9.17, 15) is 39.0 Å². The zero-order valence-electron chi connectivity index (χ0n) is 19.3. The first-order valence-corrected chi connectivity index (χ1v) is 11.5. The molecular formula is C28H14N2O8. The number of hydrogen-bond donors (Lipinski definition) is 2. The van der Waals surface area contributed by atoms with Crippen molar-refractivity contribution in [2.75, 3.05) is 13.1 Å². The maximum Gasteiger partial charge on any atom is 0.323 e. The number of benzene rings is 5. The normalized spacial score (nSPS) is 15.1. The molecule has 38 heavy (non-hydrogen) atoms. The SMILES string of the molecule is O=C(O)CN1C(=O)c2ccc3c4ccc5c6c(ccc(c7ccc(c2c37)C1=O)c64)C(=O)N(CC(=O)O)C5=O. The molecule has 0 saturated heterocycles. The van der Waals surface area contributed by atoms with E-state index in [-0.39, 0.29) is 22.3 Å². The third kappa shape index (κ3) is 2.55. The van der Waals surface area contributed by atoms with E-state index in [1.54, 1.807) is 48.5 Å². The molecule has 0 radical (unpaired) electrons. The summed E-state index contributed by atoms with van der Waals surface area (Å²) in [7, 11) is 0. The van der Waals surface area contributed by atoms with Crippen molar-refractivity contribution in [3.8, 4) is 0 Å². The van der Waals surface area contributed by atoms with E-state index in [0.717, 1.165) is 0 Å². The summed E-state index contributed by atoms with van der Waals surface area (Å²) >= 11 is 0. The van der Waals surface area contributed by atoms with Gasteiger partial charge in [0.1, 0.15) is 13.1 Å². The molecule has 10 heteroatoms.